The molecule has 1 unspecified atom stereocenters. The Balaban J connectivity index is 0.00000280. The van der Waals surface area contributed by atoms with Crippen LogP contribution in [-0.2, 0) is 10.0 Å². The summed E-state index contributed by atoms with van der Waals surface area (Å²) in [6.45, 7) is 8.28. The van der Waals surface area contributed by atoms with E-state index in [2.05, 4.69) is 13.8 Å². The summed E-state index contributed by atoms with van der Waals surface area (Å²) < 4.78 is 27.5. The number of likely N-dealkylation sites (tertiary alicyclic amines) is 1. The standard InChI is InChI=1S/C20H31N3O3S.ClH/c1-15-7-8-16(27(25,26)23-10-5-4-6-11-23)13-17(15)19(24)22-12-9-18(21)20(2,3)14-22;/h7-8,13,18H,4-6,9-12,14,21H2,1-3H3;1H. The Morgan fingerprint density at radius 1 is 1.14 bits per heavy atom. The van der Waals surface area contributed by atoms with Crippen LogP contribution >= 0.6 is 12.4 Å². The van der Waals surface area contributed by atoms with Gasteiger partial charge < -0.3 is 10.6 Å². The molecule has 3 rings (SSSR count). The summed E-state index contributed by atoms with van der Waals surface area (Å²) >= 11 is 0. The molecule has 1 atom stereocenters. The van der Waals surface area contributed by atoms with Gasteiger partial charge >= 0.3 is 0 Å². The van der Waals surface area contributed by atoms with E-state index in [0.717, 1.165) is 31.2 Å². The fraction of sp³-hybridized carbons (Fsp3) is 0.650. The summed E-state index contributed by atoms with van der Waals surface area (Å²) in [5, 5.41) is 0. The van der Waals surface area contributed by atoms with Gasteiger partial charge in [-0.15, -0.1) is 12.4 Å². The molecule has 0 bridgehead atoms. The minimum atomic E-state index is -3.55. The predicted molar refractivity (Wildman–Crippen MR) is 113 cm³/mol. The second kappa shape index (κ2) is 8.69. The summed E-state index contributed by atoms with van der Waals surface area (Å²) in [4.78, 5) is 15.2. The van der Waals surface area contributed by atoms with Gasteiger partial charge in [-0.3, -0.25) is 4.79 Å². The van der Waals surface area contributed by atoms with Crippen molar-refractivity contribution in [3.63, 3.8) is 0 Å². The van der Waals surface area contributed by atoms with Crippen LogP contribution in [0.25, 0.3) is 0 Å². The van der Waals surface area contributed by atoms with Gasteiger partial charge in [0.2, 0.25) is 10.0 Å². The van der Waals surface area contributed by atoms with E-state index >= 15 is 0 Å². The molecule has 2 saturated heterocycles. The van der Waals surface area contributed by atoms with Crippen molar-refractivity contribution in [1.82, 2.24) is 9.21 Å². The predicted octanol–water partition coefficient (Wildman–Crippen LogP) is 2.79. The zero-order chi connectivity index (χ0) is 19.8. The maximum atomic E-state index is 13.1. The largest absolute Gasteiger partial charge is 0.338 e. The van der Waals surface area contributed by atoms with Gasteiger partial charge in [-0.1, -0.05) is 26.3 Å². The second-order valence-corrected chi connectivity index (χ2v) is 10.5. The van der Waals surface area contributed by atoms with Gasteiger partial charge in [0.25, 0.3) is 5.91 Å². The normalized spacial score (nSPS) is 23.1. The monoisotopic (exact) mass is 429 g/mol. The third-order valence-corrected chi connectivity index (χ3v) is 7.89. The zero-order valence-corrected chi connectivity index (χ0v) is 18.6. The van der Waals surface area contributed by atoms with Crippen LogP contribution in [0.2, 0.25) is 0 Å². The third kappa shape index (κ3) is 4.53. The van der Waals surface area contributed by atoms with Crippen molar-refractivity contribution in [3.05, 3.63) is 29.3 Å². The van der Waals surface area contributed by atoms with E-state index in [9.17, 15) is 13.2 Å². The first-order valence-electron chi connectivity index (χ1n) is 9.78. The van der Waals surface area contributed by atoms with Crippen LogP contribution in [0, 0.1) is 12.3 Å². The maximum Gasteiger partial charge on any atom is 0.254 e. The summed E-state index contributed by atoms with van der Waals surface area (Å²) in [5.41, 5.74) is 7.30. The van der Waals surface area contributed by atoms with Gasteiger partial charge in [0, 0.05) is 37.8 Å². The fourth-order valence-corrected chi connectivity index (χ4v) is 5.51. The SMILES string of the molecule is Cc1ccc(S(=O)(=O)N2CCCCC2)cc1C(=O)N1CCC(N)C(C)(C)C1.Cl. The van der Waals surface area contributed by atoms with Crippen molar-refractivity contribution in [1.29, 1.82) is 0 Å². The summed E-state index contributed by atoms with van der Waals surface area (Å²) in [6, 6.07) is 4.98. The number of piperidine rings is 2. The number of rotatable bonds is 3. The van der Waals surface area contributed by atoms with Crippen LogP contribution < -0.4 is 5.73 Å². The van der Waals surface area contributed by atoms with Crippen LogP contribution in [0.1, 0.15) is 55.5 Å². The quantitative estimate of drug-likeness (QED) is 0.800. The molecule has 0 aromatic heterocycles. The van der Waals surface area contributed by atoms with E-state index in [-0.39, 0.29) is 34.7 Å². The van der Waals surface area contributed by atoms with Crippen molar-refractivity contribution >= 4 is 28.3 Å². The number of halogens is 1. The smallest absolute Gasteiger partial charge is 0.254 e. The molecular weight excluding hydrogens is 398 g/mol. The molecule has 2 aliphatic rings. The minimum absolute atomic E-state index is 0. The molecule has 2 N–H and O–H groups in total. The first kappa shape index (κ1) is 23.1. The summed E-state index contributed by atoms with van der Waals surface area (Å²) in [7, 11) is -3.55. The molecule has 2 fully saturated rings. The van der Waals surface area contributed by atoms with Crippen LogP contribution in [0.4, 0.5) is 0 Å². The number of hydrogen-bond acceptors (Lipinski definition) is 4. The Morgan fingerprint density at radius 2 is 1.79 bits per heavy atom. The van der Waals surface area contributed by atoms with E-state index in [1.54, 1.807) is 22.5 Å². The molecule has 1 aromatic rings. The van der Waals surface area contributed by atoms with E-state index < -0.39 is 10.0 Å². The Morgan fingerprint density at radius 3 is 2.39 bits per heavy atom. The number of carbonyl (C=O) groups is 1. The number of nitrogens with two attached hydrogens (primary N) is 1. The Hall–Kier alpha value is -1.15. The van der Waals surface area contributed by atoms with Crippen molar-refractivity contribution in [2.75, 3.05) is 26.2 Å². The van der Waals surface area contributed by atoms with Crippen LogP contribution in [0.15, 0.2) is 23.1 Å². The van der Waals surface area contributed by atoms with Crippen molar-refractivity contribution in [3.8, 4) is 0 Å². The van der Waals surface area contributed by atoms with Gasteiger partial charge in [-0.05, 0) is 49.3 Å². The van der Waals surface area contributed by atoms with Gasteiger partial charge in [-0.2, -0.15) is 4.31 Å². The molecule has 2 aliphatic heterocycles. The Kier molecular flexibility index (Phi) is 7.18. The molecule has 2 heterocycles. The molecular formula is C20H32ClN3O3S. The van der Waals surface area contributed by atoms with Gasteiger partial charge in [-0.25, -0.2) is 8.42 Å². The van der Waals surface area contributed by atoms with E-state index in [1.807, 2.05) is 11.8 Å². The Labute approximate surface area is 174 Å². The number of amides is 1. The van der Waals surface area contributed by atoms with Crippen molar-refractivity contribution in [2.24, 2.45) is 11.1 Å². The lowest BCUT2D eigenvalue weighted by Crippen LogP contribution is -2.54. The molecule has 28 heavy (non-hydrogen) atoms. The van der Waals surface area contributed by atoms with Crippen LogP contribution in [-0.4, -0.2) is 55.8 Å². The van der Waals surface area contributed by atoms with Crippen molar-refractivity contribution in [2.45, 2.75) is 57.4 Å². The molecule has 8 heteroatoms. The number of sulfonamides is 1. The second-order valence-electron chi connectivity index (χ2n) is 8.55. The van der Waals surface area contributed by atoms with E-state index in [0.29, 0.717) is 31.7 Å². The summed E-state index contributed by atoms with van der Waals surface area (Å²) in [6.07, 6.45) is 3.60. The first-order chi connectivity index (χ1) is 12.6. The van der Waals surface area contributed by atoms with Gasteiger partial charge in [0.15, 0.2) is 0 Å². The number of hydrogen-bond donors (Lipinski definition) is 1. The molecule has 1 amide bonds. The van der Waals surface area contributed by atoms with Gasteiger partial charge in [0.1, 0.15) is 0 Å². The number of aryl methyl sites for hydroxylation is 1. The van der Waals surface area contributed by atoms with Gasteiger partial charge in [0.05, 0.1) is 4.90 Å². The lowest BCUT2D eigenvalue weighted by Gasteiger charge is -2.42. The third-order valence-electron chi connectivity index (χ3n) is 5.99. The fourth-order valence-electron chi connectivity index (χ4n) is 3.96. The minimum Gasteiger partial charge on any atom is -0.338 e. The highest BCUT2D eigenvalue weighted by Crippen LogP contribution is 2.30. The molecule has 0 saturated carbocycles. The number of benzene rings is 1. The average molecular weight is 430 g/mol. The molecule has 6 nitrogen and oxygen atoms in total. The van der Waals surface area contributed by atoms with Crippen LogP contribution in [0.3, 0.4) is 0 Å². The topological polar surface area (TPSA) is 83.7 Å². The highest BCUT2D eigenvalue weighted by atomic mass is 35.5. The highest BCUT2D eigenvalue weighted by Gasteiger charge is 2.36. The zero-order valence-electron chi connectivity index (χ0n) is 17.0. The van der Waals surface area contributed by atoms with Crippen LogP contribution in [0.5, 0.6) is 0 Å². The summed E-state index contributed by atoms with van der Waals surface area (Å²) in [5.74, 6) is -0.108. The molecule has 158 valence electrons. The van der Waals surface area contributed by atoms with E-state index in [1.165, 1.54) is 0 Å². The van der Waals surface area contributed by atoms with Crippen molar-refractivity contribution < 1.29 is 13.2 Å². The average Bonchev–Trinajstić information content (AvgIpc) is 2.64. The van der Waals surface area contributed by atoms with E-state index in [4.69, 9.17) is 5.73 Å². The number of carbonyl (C=O) groups excluding carboxylic acids is 1. The molecule has 0 radical (unpaired) electrons. The Bertz CT molecular complexity index is 820. The lowest BCUT2D eigenvalue weighted by molar-refractivity contribution is 0.0532. The first-order valence-corrected chi connectivity index (χ1v) is 11.2. The lowest BCUT2D eigenvalue weighted by atomic mass is 9.79. The highest BCUT2D eigenvalue weighted by molar-refractivity contribution is 7.89. The maximum absolute atomic E-state index is 13.1. The molecule has 1 aromatic carbocycles. The molecule has 0 spiro atoms. The molecule has 0 aliphatic carbocycles. The number of nitrogens with zero attached hydrogens (tertiary/aromatic N) is 2.